The Balaban J connectivity index is 1.44. The number of imidazole rings is 1. The van der Waals surface area contributed by atoms with Gasteiger partial charge in [-0.25, -0.2) is 19.5 Å². The molecule has 1 atom stereocenters. The number of hydrogen-bond acceptors (Lipinski definition) is 7. The van der Waals surface area contributed by atoms with Crippen LogP contribution in [0.1, 0.15) is 18.2 Å². The van der Waals surface area contributed by atoms with Crippen LogP contribution in [-0.2, 0) is 5.60 Å². The number of aliphatic hydroxyl groups is 1. The summed E-state index contributed by atoms with van der Waals surface area (Å²) in [5.74, 6) is 6.85. The lowest BCUT2D eigenvalue weighted by Crippen LogP contribution is -2.18. The third-order valence-corrected chi connectivity index (χ3v) is 4.75. The third kappa shape index (κ3) is 3.52. The van der Waals surface area contributed by atoms with Crippen LogP contribution in [0.25, 0.3) is 22.9 Å². The van der Waals surface area contributed by atoms with Crippen molar-refractivity contribution in [3.8, 4) is 29.1 Å². The van der Waals surface area contributed by atoms with E-state index in [4.69, 9.17) is 10.2 Å². The van der Waals surface area contributed by atoms with Crippen molar-refractivity contribution >= 4 is 11.5 Å². The molecule has 3 N–H and O–H groups in total. The molecule has 0 fully saturated rings. The first kappa shape index (κ1) is 18.6. The van der Waals surface area contributed by atoms with Crippen molar-refractivity contribution in [3.05, 3.63) is 78.8 Å². The average molecular weight is 411 g/mol. The first-order valence-electron chi connectivity index (χ1n) is 9.41. The average Bonchev–Trinajstić information content (AvgIpc) is 3.54. The normalized spacial score (nSPS) is 13.0. The molecule has 31 heavy (non-hydrogen) atoms. The van der Waals surface area contributed by atoms with Crippen molar-refractivity contribution in [2.24, 2.45) is 0 Å². The van der Waals surface area contributed by atoms with E-state index in [1.54, 1.807) is 44.0 Å². The molecule has 5 aromatic rings. The zero-order valence-corrected chi connectivity index (χ0v) is 16.5. The Morgan fingerprint density at radius 3 is 2.71 bits per heavy atom. The van der Waals surface area contributed by atoms with Gasteiger partial charge in [-0.3, -0.25) is 0 Å². The fourth-order valence-corrected chi connectivity index (χ4v) is 3.11. The molecule has 0 aliphatic heterocycles. The molecule has 0 amide bonds. The molecule has 0 spiro atoms. The Morgan fingerprint density at radius 1 is 1.16 bits per heavy atom. The Bertz CT molecular complexity index is 1400. The monoisotopic (exact) mass is 411 g/mol. The number of anilines is 1. The Hall–Kier alpha value is -4.42. The second kappa shape index (κ2) is 7.12. The Morgan fingerprint density at radius 2 is 2.00 bits per heavy atom. The largest absolute Gasteiger partial charge is 0.461 e. The number of benzene rings is 1. The summed E-state index contributed by atoms with van der Waals surface area (Å²) in [5, 5.41) is 15.2. The maximum atomic E-state index is 10.9. The molecular formula is C22H17N7O2. The zero-order chi connectivity index (χ0) is 21.4. The molecular weight excluding hydrogens is 394 g/mol. The van der Waals surface area contributed by atoms with Crippen molar-refractivity contribution in [3.63, 3.8) is 0 Å². The van der Waals surface area contributed by atoms with Gasteiger partial charge < -0.3 is 19.8 Å². The summed E-state index contributed by atoms with van der Waals surface area (Å²) in [6.07, 6.45) is 8.42. The molecule has 1 unspecified atom stereocenters. The molecule has 0 saturated carbocycles. The molecule has 9 nitrogen and oxygen atoms in total. The summed E-state index contributed by atoms with van der Waals surface area (Å²) < 4.78 is 8.70. The lowest BCUT2D eigenvalue weighted by atomic mass is 9.96. The van der Waals surface area contributed by atoms with E-state index in [1.807, 2.05) is 35.0 Å². The molecule has 1 aromatic carbocycles. The number of fused-ring (bicyclic) bond motifs is 1. The van der Waals surface area contributed by atoms with Crippen molar-refractivity contribution in [1.29, 1.82) is 0 Å². The van der Waals surface area contributed by atoms with Crippen LogP contribution in [0.5, 0.6) is 0 Å². The number of furan rings is 1. The summed E-state index contributed by atoms with van der Waals surface area (Å²) >= 11 is 0. The fraction of sp³-hybridized carbons (Fsp3) is 0.0909. The molecule has 0 aliphatic rings. The summed E-state index contributed by atoms with van der Waals surface area (Å²) in [6, 6.07) is 10.9. The Kier molecular flexibility index (Phi) is 4.27. The van der Waals surface area contributed by atoms with E-state index in [1.165, 1.54) is 4.52 Å². The number of nitrogen functional groups attached to an aromatic ring is 1. The number of hydrogen-bond donors (Lipinski definition) is 2. The number of nitrogens with zero attached hydrogens (tertiary/aromatic N) is 6. The highest BCUT2D eigenvalue weighted by Crippen LogP contribution is 2.22. The maximum absolute atomic E-state index is 10.9. The Labute approximate surface area is 176 Å². The summed E-state index contributed by atoms with van der Waals surface area (Å²) in [4.78, 5) is 12.7. The van der Waals surface area contributed by atoms with Crippen LogP contribution in [0.4, 0.5) is 5.82 Å². The third-order valence-electron chi connectivity index (χ3n) is 4.75. The molecule has 0 radical (unpaired) electrons. The smallest absolute Gasteiger partial charge is 0.218 e. The second-order valence-corrected chi connectivity index (χ2v) is 7.03. The standard InChI is InChI=1S/C22H17N7O2/c1-22(30,15-4-6-17(7-5-15)28-11-10-24-14-28)9-8-16-13-29-21(19(23)25-16)26-20(27-29)18-3-2-12-31-18/h2-7,10-14,30H,1H3,(H2,23,25). The van der Waals surface area contributed by atoms with Crippen LogP contribution in [-0.4, -0.2) is 34.2 Å². The van der Waals surface area contributed by atoms with Gasteiger partial charge in [-0.05, 0) is 42.7 Å². The first-order chi connectivity index (χ1) is 15.0. The minimum absolute atomic E-state index is 0.182. The van der Waals surface area contributed by atoms with E-state index >= 15 is 0 Å². The number of aromatic nitrogens is 6. The van der Waals surface area contributed by atoms with Gasteiger partial charge in [-0.1, -0.05) is 18.1 Å². The van der Waals surface area contributed by atoms with E-state index in [0.29, 0.717) is 28.5 Å². The zero-order valence-electron chi connectivity index (χ0n) is 16.5. The van der Waals surface area contributed by atoms with Gasteiger partial charge in [-0.15, -0.1) is 5.10 Å². The van der Waals surface area contributed by atoms with Crippen LogP contribution in [0, 0.1) is 11.8 Å². The summed E-state index contributed by atoms with van der Waals surface area (Å²) in [6.45, 7) is 1.62. The van der Waals surface area contributed by atoms with Gasteiger partial charge in [0.1, 0.15) is 11.3 Å². The predicted molar refractivity (Wildman–Crippen MR) is 113 cm³/mol. The van der Waals surface area contributed by atoms with Crippen LogP contribution in [0.3, 0.4) is 0 Å². The maximum Gasteiger partial charge on any atom is 0.218 e. The predicted octanol–water partition coefficient (Wildman–Crippen LogP) is 2.41. The first-order valence-corrected chi connectivity index (χ1v) is 9.41. The van der Waals surface area contributed by atoms with Gasteiger partial charge in [0, 0.05) is 18.1 Å². The van der Waals surface area contributed by atoms with E-state index in [2.05, 4.69) is 31.9 Å². The molecule has 4 heterocycles. The van der Waals surface area contributed by atoms with Crippen molar-refractivity contribution in [2.75, 3.05) is 5.73 Å². The van der Waals surface area contributed by atoms with Crippen molar-refractivity contribution < 1.29 is 9.52 Å². The molecule has 5 rings (SSSR count). The quantitative estimate of drug-likeness (QED) is 0.437. The highest BCUT2D eigenvalue weighted by atomic mass is 16.3. The number of rotatable bonds is 3. The van der Waals surface area contributed by atoms with Crippen molar-refractivity contribution in [1.82, 2.24) is 29.1 Å². The van der Waals surface area contributed by atoms with Gasteiger partial charge in [-0.2, -0.15) is 0 Å². The highest BCUT2D eigenvalue weighted by molar-refractivity contribution is 5.64. The second-order valence-electron chi connectivity index (χ2n) is 7.03. The van der Waals surface area contributed by atoms with Gasteiger partial charge in [0.05, 0.1) is 18.8 Å². The fourth-order valence-electron chi connectivity index (χ4n) is 3.11. The van der Waals surface area contributed by atoms with E-state index in [9.17, 15) is 5.11 Å². The number of nitrogens with two attached hydrogens (primary N) is 1. The molecule has 4 aromatic heterocycles. The highest BCUT2D eigenvalue weighted by Gasteiger charge is 2.20. The summed E-state index contributed by atoms with van der Waals surface area (Å²) in [5.41, 5.74) is 6.99. The molecule has 0 aliphatic carbocycles. The minimum Gasteiger partial charge on any atom is -0.461 e. The lowest BCUT2D eigenvalue weighted by Gasteiger charge is -2.17. The topological polar surface area (TPSA) is 120 Å². The summed E-state index contributed by atoms with van der Waals surface area (Å²) in [7, 11) is 0. The van der Waals surface area contributed by atoms with E-state index in [0.717, 1.165) is 5.69 Å². The van der Waals surface area contributed by atoms with Gasteiger partial charge in [0.25, 0.3) is 0 Å². The molecule has 9 heteroatoms. The van der Waals surface area contributed by atoms with E-state index < -0.39 is 5.60 Å². The van der Waals surface area contributed by atoms with Gasteiger partial charge in [0.2, 0.25) is 5.82 Å². The van der Waals surface area contributed by atoms with Gasteiger partial charge in [0.15, 0.2) is 17.2 Å². The molecule has 152 valence electrons. The van der Waals surface area contributed by atoms with Crippen LogP contribution in [0.15, 0.2) is 72.0 Å². The van der Waals surface area contributed by atoms with Gasteiger partial charge >= 0.3 is 0 Å². The molecule has 0 saturated heterocycles. The van der Waals surface area contributed by atoms with Crippen LogP contribution >= 0.6 is 0 Å². The van der Waals surface area contributed by atoms with Crippen LogP contribution < -0.4 is 5.73 Å². The minimum atomic E-state index is -1.39. The molecule has 0 bridgehead atoms. The SMILES string of the molecule is CC(O)(C#Cc1cn2nc(-c3ccco3)nc2c(N)n1)c1ccc(-n2ccnc2)cc1. The van der Waals surface area contributed by atoms with Crippen LogP contribution in [0.2, 0.25) is 0 Å². The van der Waals surface area contributed by atoms with E-state index in [-0.39, 0.29) is 5.82 Å². The van der Waals surface area contributed by atoms with Crippen molar-refractivity contribution in [2.45, 2.75) is 12.5 Å². The lowest BCUT2D eigenvalue weighted by molar-refractivity contribution is 0.122.